The van der Waals surface area contributed by atoms with Crippen LogP contribution in [-0.4, -0.2) is 29.1 Å². The zero-order valence-corrected chi connectivity index (χ0v) is 12.5. The number of carbonyl (C=O) groups excluding carboxylic acids is 1. The van der Waals surface area contributed by atoms with Crippen molar-refractivity contribution in [3.05, 3.63) is 52.3 Å². The van der Waals surface area contributed by atoms with Crippen molar-refractivity contribution in [2.24, 2.45) is 0 Å². The summed E-state index contributed by atoms with van der Waals surface area (Å²) in [7, 11) is 1.52. The van der Waals surface area contributed by atoms with Gasteiger partial charge in [0, 0.05) is 11.8 Å². The Labute approximate surface area is 128 Å². The Morgan fingerprint density at radius 1 is 1.33 bits per heavy atom. The monoisotopic (exact) mass is 350 g/mol. The number of carboxylic acid groups (broad SMARTS) is 1. The molecule has 21 heavy (non-hydrogen) atoms. The number of hydrogen-bond donors (Lipinski definition) is 2. The van der Waals surface area contributed by atoms with Crippen LogP contribution in [0.25, 0.3) is 0 Å². The van der Waals surface area contributed by atoms with Gasteiger partial charge in [0.1, 0.15) is 5.75 Å². The molecule has 7 heteroatoms. The van der Waals surface area contributed by atoms with Crippen molar-refractivity contribution >= 4 is 33.5 Å². The van der Waals surface area contributed by atoms with Gasteiger partial charge in [0.25, 0.3) is 5.91 Å². The molecular formula is C14H11BrN2O4. The maximum absolute atomic E-state index is 12.1. The Kier molecular flexibility index (Phi) is 4.54. The SMILES string of the molecule is COc1ccc(C(=O)Nc2cnccc2C(=O)O)cc1Br. The summed E-state index contributed by atoms with van der Waals surface area (Å²) in [5.74, 6) is -0.975. The number of ether oxygens (including phenoxy) is 1. The molecule has 2 N–H and O–H groups in total. The second-order valence-electron chi connectivity index (χ2n) is 4.03. The molecule has 2 aromatic rings. The lowest BCUT2D eigenvalue weighted by molar-refractivity contribution is 0.0698. The summed E-state index contributed by atoms with van der Waals surface area (Å²) in [6.45, 7) is 0. The highest BCUT2D eigenvalue weighted by molar-refractivity contribution is 9.10. The van der Waals surface area contributed by atoms with E-state index < -0.39 is 11.9 Å². The van der Waals surface area contributed by atoms with Crippen LogP contribution in [0.4, 0.5) is 5.69 Å². The molecule has 1 aromatic carbocycles. The number of halogens is 1. The molecule has 0 bridgehead atoms. The van der Waals surface area contributed by atoms with Gasteiger partial charge >= 0.3 is 5.97 Å². The number of benzene rings is 1. The predicted octanol–water partition coefficient (Wildman–Crippen LogP) is 2.80. The molecule has 0 aliphatic carbocycles. The minimum atomic E-state index is -1.14. The first-order valence-corrected chi connectivity index (χ1v) is 6.64. The van der Waals surface area contributed by atoms with Crippen molar-refractivity contribution < 1.29 is 19.4 Å². The van der Waals surface area contributed by atoms with E-state index in [2.05, 4.69) is 26.2 Å². The molecule has 0 saturated carbocycles. The van der Waals surface area contributed by atoms with Gasteiger partial charge in [-0.1, -0.05) is 0 Å². The highest BCUT2D eigenvalue weighted by atomic mass is 79.9. The van der Waals surface area contributed by atoms with E-state index in [1.165, 1.54) is 25.6 Å². The van der Waals surface area contributed by atoms with Crippen molar-refractivity contribution in [1.29, 1.82) is 0 Å². The molecule has 1 heterocycles. The fraction of sp³-hybridized carbons (Fsp3) is 0.0714. The lowest BCUT2D eigenvalue weighted by Crippen LogP contribution is -2.15. The largest absolute Gasteiger partial charge is 0.496 e. The molecule has 6 nitrogen and oxygen atoms in total. The normalized spacial score (nSPS) is 10.0. The number of carbonyl (C=O) groups is 2. The first-order chi connectivity index (χ1) is 10.0. The van der Waals surface area contributed by atoms with E-state index in [0.717, 1.165) is 0 Å². The molecule has 2 rings (SSSR count). The number of hydrogen-bond acceptors (Lipinski definition) is 4. The second kappa shape index (κ2) is 6.36. The molecule has 0 aliphatic heterocycles. The Balaban J connectivity index is 2.26. The smallest absolute Gasteiger partial charge is 0.337 e. The quantitative estimate of drug-likeness (QED) is 0.884. The van der Waals surface area contributed by atoms with Gasteiger partial charge in [-0.05, 0) is 40.2 Å². The molecule has 0 saturated heterocycles. The van der Waals surface area contributed by atoms with Gasteiger partial charge in [0.15, 0.2) is 0 Å². The summed E-state index contributed by atoms with van der Waals surface area (Å²) in [6, 6.07) is 6.13. The average molecular weight is 351 g/mol. The maximum atomic E-state index is 12.1. The lowest BCUT2D eigenvalue weighted by Gasteiger charge is -2.09. The summed E-state index contributed by atoms with van der Waals surface area (Å²) >= 11 is 3.29. The van der Waals surface area contributed by atoms with Crippen LogP contribution < -0.4 is 10.1 Å². The van der Waals surface area contributed by atoms with E-state index in [1.807, 2.05) is 0 Å². The third-order valence-corrected chi connectivity index (χ3v) is 3.33. The van der Waals surface area contributed by atoms with Crippen LogP contribution in [-0.2, 0) is 0 Å². The van der Waals surface area contributed by atoms with Crippen LogP contribution in [0.3, 0.4) is 0 Å². The molecule has 0 fully saturated rings. The van der Waals surface area contributed by atoms with Crippen molar-refractivity contribution in [2.45, 2.75) is 0 Å². The van der Waals surface area contributed by atoms with E-state index in [-0.39, 0.29) is 11.3 Å². The summed E-state index contributed by atoms with van der Waals surface area (Å²) < 4.78 is 5.71. The van der Waals surface area contributed by atoms with Gasteiger partial charge in [-0.15, -0.1) is 0 Å². The fourth-order valence-electron chi connectivity index (χ4n) is 1.68. The summed E-state index contributed by atoms with van der Waals surface area (Å²) in [4.78, 5) is 27.0. The molecule has 0 spiro atoms. The van der Waals surface area contributed by atoms with E-state index in [0.29, 0.717) is 15.8 Å². The zero-order chi connectivity index (χ0) is 15.4. The first kappa shape index (κ1) is 15.0. The zero-order valence-electron chi connectivity index (χ0n) is 11.0. The molecule has 108 valence electrons. The van der Waals surface area contributed by atoms with Gasteiger partial charge in [-0.3, -0.25) is 9.78 Å². The standard InChI is InChI=1S/C14H11BrN2O4/c1-21-12-3-2-8(6-10(12)15)13(18)17-11-7-16-5-4-9(11)14(19)20/h2-7H,1H3,(H,17,18)(H,19,20). The summed E-state index contributed by atoms with van der Waals surface area (Å²) in [6.07, 6.45) is 2.64. The van der Waals surface area contributed by atoms with Crippen LogP contribution in [0, 0.1) is 0 Å². The maximum Gasteiger partial charge on any atom is 0.337 e. The van der Waals surface area contributed by atoms with Crippen LogP contribution >= 0.6 is 15.9 Å². The molecule has 1 amide bonds. The Morgan fingerprint density at radius 2 is 2.10 bits per heavy atom. The molecular weight excluding hydrogens is 340 g/mol. The highest BCUT2D eigenvalue weighted by Crippen LogP contribution is 2.26. The van der Waals surface area contributed by atoms with E-state index in [4.69, 9.17) is 9.84 Å². The lowest BCUT2D eigenvalue weighted by atomic mass is 10.2. The van der Waals surface area contributed by atoms with Gasteiger partial charge in [-0.25, -0.2) is 4.79 Å². The highest BCUT2D eigenvalue weighted by Gasteiger charge is 2.14. The van der Waals surface area contributed by atoms with Crippen LogP contribution in [0.15, 0.2) is 41.1 Å². The number of anilines is 1. The number of aromatic carboxylic acids is 1. The molecule has 0 aliphatic rings. The minimum Gasteiger partial charge on any atom is -0.496 e. The predicted molar refractivity (Wildman–Crippen MR) is 79.8 cm³/mol. The van der Waals surface area contributed by atoms with Crippen LogP contribution in [0.2, 0.25) is 0 Å². The molecule has 1 aromatic heterocycles. The van der Waals surface area contributed by atoms with E-state index in [1.54, 1.807) is 18.2 Å². The number of methoxy groups -OCH3 is 1. The first-order valence-electron chi connectivity index (χ1n) is 5.85. The van der Waals surface area contributed by atoms with E-state index in [9.17, 15) is 9.59 Å². The van der Waals surface area contributed by atoms with Crippen molar-refractivity contribution in [1.82, 2.24) is 4.98 Å². The average Bonchev–Trinajstić information content (AvgIpc) is 2.47. The number of amides is 1. The Morgan fingerprint density at radius 3 is 2.71 bits per heavy atom. The summed E-state index contributed by atoms with van der Waals surface area (Å²) in [5, 5.41) is 11.6. The fourth-order valence-corrected chi connectivity index (χ4v) is 2.22. The number of aromatic nitrogens is 1. The second-order valence-corrected chi connectivity index (χ2v) is 4.88. The van der Waals surface area contributed by atoms with Crippen molar-refractivity contribution in [3.8, 4) is 5.75 Å². The number of pyridine rings is 1. The Hall–Kier alpha value is -2.41. The molecule has 0 atom stereocenters. The minimum absolute atomic E-state index is 0.0223. The third kappa shape index (κ3) is 3.38. The number of nitrogens with one attached hydrogen (secondary N) is 1. The third-order valence-electron chi connectivity index (χ3n) is 2.71. The topological polar surface area (TPSA) is 88.5 Å². The molecule has 0 unspecified atom stereocenters. The van der Waals surface area contributed by atoms with E-state index >= 15 is 0 Å². The van der Waals surface area contributed by atoms with Gasteiger partial charge < -0.3 is 15.2 Å². The van der Waals surface area contributed by atoms with Crippen molar-refractivity contribution in [3.63, 3.8) is 0 Å². The Bertz CT molecular complexity index is 703. The van der Waals surface area contributed by atoms with Crippen LogP contribution in [0.5, 0.6) is 5.75 Å². The number of nitrogens with zero attached hydrogens (tertiary/aromatic N) is 1. The van der Waals surface area contributed by atoms with Gasteiger partial charge in [-0.2, -0.15) is 0 Å². The number of rotatable bonds is 4. The van der Waals surface area contributed by atoms with Crippen LogP contribution in [0.1, 0.15) is 20.7 Å². The summed E-state index contributed by atoms with van der Waals surface area (Å²) in [5.41, 5.74) is 0.482. The van der Waals surface area contributed by atoms with Gasteiger partial charge in [0.05, 0.1) is 29.0 Å². The molecule has 0 radical (unpaired) electrons. The number of carboxylic acids is 1. The van der Waals surface area contributed by atoms with Gasteiger partial charge in [0.2, 0.25) is 0 Å². The van der Waals surface area contributed by atoms with Crippen molar-refractivity contribution in [2.75, 3.05) is 12.4 Å².